The lowest BCUT2D eigenvalue weighted by Gasteiger charge is -2.37. The van der Waals surface area contributed by atoms with Crippen LogP contribution in [0.5, 0.6) is 5.75 Å². The maximum Gasteiger partial charge on any atom is 0.239 e. The van der Waals surface area contributed by atoms with Gasteiger partial charge in [-0.3, -0.25) is 14.4 Å². The number of likely N-dealkylation sites (tertiary alicyclic amines) is 2. The Bertz CT molecular complexity index is 847. The maximum atomic E-state index is 12.7. The van der Waals surface area contributed by atoms with Crippen LogP contribution in [0.4, 0.5) is 0 Å². The number of hydrogen-bond acceptors (Lipinski definition) is 5. The molecule has 31 heavy (non-hydrogen) atoms. The van der Waals surface area contributed by atoms with Crippen LogP contribution in [0.3, 0.4) is 0 Å². The van der Waals surface area contributed by atoms with Gasteiger partial charge in [0.2, 0.25) is 11.8 Å². The molecule has 2 saturated heterocycles. The fourth-order valence-corrected chi connectivity index (χ4v) is 4.98. The monoisotopic (exact) mass is 427 g/mol. The third-order valence-electron chi connectivity index (χ3n) is 6.94. The SMILES string of the molecule is CC(C)N1CCC(NC(=O)CN2CCC3(CCC2=O)CC(=O)c2ccccc2O3)CC1. The van der Waals surface area contributed by atoms with Crippen LogP contribution in [0.1, 0.15) is 62.7 Å². The molecule has 0 bridgehead atoms. The van der Waals surface area contributed by atoms with E-state index in [1.54, 1.807) is 11.0 Å². The molecule has 1 unspecified atom stereocenters. The van der Waals surface area contributed by atoms with Crippen molar-refractivity contribution >= 4 is 17.6 Å². The Hall–Kier alpha value is -2.41. The summed E-state index contributed by atoms with van der Waals surface area (Å²) in [5, 5.41) is 3.11. The molecular weight excluding hydrogens is 394 g/mol. The summed E-state index contributed by atoms with van der Waals surface area (Å²) in [5.41, 5.74) is -0.0424. The Morgan fingerprint density at radius 1 is 1.16 bits per heavy atom. The summed E-state index contributed by atoms with van der Waals surface area (Å²) in [5.74, 6) is 0.521. The molecule has 3 heterocycles. The fourth-order valence-electron chi connectivity index (χ4n) is 4.98. The number of amides is 2. The molecule has 1 N–H and O–H groups in total. The van der Waals surface area contributed by atoms with Gasteiger partial charge in [0.25, 0.3) is 0 Å². The summed E-state index contributed by atoms with van der Waals surface area (Å²) in [7, 11) is 0. The first-order valence-electron chi connectivity index (χ1n) is 11.5. The zero-order valence-electron chi connectivity index (χ0n) is 18.6. The summed E-state index contributed by atoms with van der Waals surface area (Å²) in [6.07, 6.45) is 3.50. The van der Waals surface area contributed by atoms with Gasteiger partial charge in [0.1, 0.15) is 11.4 Å². The van der Waals surface area contributed by atoms with Crippen LogP contribution in [0.2, 0.25) is 0 Å². The van der Waals surface area contributed by atoms with Gasteiger partial charge in [-0.1, -0.05) is 12.1 Å². The molecule has 0 saturated carbocycles. The minimum Gasteiger partial charge on any atom is -0.486 e. The number of rotatable bonds is 4. The van der Waals surface area contributed by atoms with E-state index in [-0.39, 0.29) is 43.0 Å². The van der Waals surface area contributed by atoms with E-state index in [2.05, 4.69) is 24.1 Å². The van der Waals surface area contributed by atoms with Crippen LogP contribution in [-0.2, 0) is 9.59 Å². The van der Waals surface area contributed by atoms with Crippen molar-refractivity contribution in [2.75, 3.05) is 26.2 Å². The van der Waals surface area contributed by atoms with Crippen molar-refractivity contribution in [2.24, 2.45) is 0 Å². The summed E-state index contributed by atoms with van der Waals surface area (Å²) in [6, 6.07) is 7.99. The lowest BCUT2D eigenvalue weighted by molar-refractivity contribution is -0.136. The Morgan fingerprint density at radius 3 is 2.65 bits per heavy atom. The molecule has 7 heteroatoms. The minimum absolute atomic E-state index is 0.0449. The summed E-state index contributed by atoms with van der Waals surface area (Å²) in [4.78, 5) is 42.0. The molecule has 1 spiro atoms. The second kappa shape index (κ2) is 8.99. The molecule has 2 amide bonds. The number of para-hydroxylation sites is 1. The average Bonchev–Trinajstić information content (AvgIpc) is 2.88. The molecule has 3 aliphatic heterocycles. The van der Waals surface area contributed by atoms with E-state index in [4.69, 9.17) is 4.74 Å². The minimum atomic E-state index is -0.657. The molecule has 0 aromatic heterocycles. The van der Waals surface area contributed by atoms with E-state index < -0.39 is 5.60 Å². The standard InChI is InChI=1S/C24H33N3O4/c1-17(2)26-12-8-18(9-13-26)25-22(29)16-27-14-11-24(10-7-23(27)30)15-20(28)19-5-3-4-6-21(19)31-24/h3-6,17-18H,7-16H2,1-2H3,(H,25,29). The highest BCUT2D eigenvalue weighted by Gasteiger charge is 2.43. The molecule has 1 atom stereocenters. The van der Waals surface area contributed by atoms with E-state index in [1.165, 1.54) is 0 Å². The van der Waals surface area contributed by atoms with Crippen LogP contribution >= 0.6 is 0 Å². The second-order valence-electron chi connectivity index (χ2n) is 9.42. The topological polar surface area (TPSA) is 79.0 Å². The number of ether oxygens (including phenoxy) is 1. The lowest BCUT2D eigenvalue weighted by Crippen LogP contribution is -2.49. The van der Waals surface area contributed by atoms with Crippen molar-refractivity contribution in [1.82, 2.24) is 15.1 Å². The normalized spacial score (nSPS) is 25.3. The molecule has 1 aromatic carbocycles. The van der Waals surface area contributed by atoms with Crippen LogP contribution in [0.25, 0.3) is 0 Å². The Kier molecular flexibility index (Phi) is 6.32. The number of carbonyl (C=O) groups is 3. The summed E-state index contributed by atoms with van der Waals surface area (Å²) in [6.45, 7) is 6.86. The van der Waals surface area contributed by atoms with E-state index in [9.17, 15) is 14.4 Å². The Morgan fingerprint density at radius 2 is 1.90 bits per heavy atom. The zero-order valence-corrected chi connectivity index (χ0v) is 18.6. The number of nitrogens with zero attached hydrogens (tertiary/aromatic N) is 2. The third-order valence-corrected chi connectivity index (χ3v) is 6.94. The predicted molar refractivity (Wildman–Crippen MR) is 117 cm³/mol. The fraction of sp³-hybridized carbons (Fsp3) is 0.625. The van der Waals surface area contributed by atoms with Gasteiger partial charge in [0.05, 0.1) is 18.5 Å². The molecule has 0 radical (unpaired) electrons. The van der Waals surface area contributed by atoms with Gasteiger partial charge in [-0.15, -0.1) is 0 Å². The molecule has 1 aromatic rings. The quantitative estimate of drug-likeness (QED) is 0.798. The van der Waals surface area contributed by atoms with Crippen molar-refractivity contribution in [3.05, 3.63) is 29.8 Å². The summed E-state index contributed by atoms with van der Waals surface area (Å²) >= 11 is 0. The highest BCUT2D eigenvalue weighted by Crippen LogP contribution is 2.39. The molecule has 4 rings (SSSR count). The average molecular weight is 428 g/mol. The molecule has 2 fully saturated rings. The van der Waals surface area contributed by atoms with E-state index in [0.717, 1.165) is 25.9 Å². The zero-order chi connectivity index (χ0) is 22.0. The predicted octanol–water partition coefficient (Wildman–Crippen LogP) is 2.39. The molecule has 3 aliphatic rings. The van der Waals surface area contributed by atoms with Crippen LogP contribution in [-0.4, -0.2) is 71.3 Å². The van der Waals surface area contributed by atoms with Gasteiger partial charge in [0.15, 0.2) is 5.78 Å². The van der Waals surface area contributed by atoms with Crippen LogP contribution in [0, 0.1) is 0 Å². The number of piperidine rings is 1. The number of nitrogens with one attached hydrogen (secondary N) is 1. The third kappa shape index (κ3) is 4.92. The molecule has 168 valence electrons. The van der Waals surface area contributed by atoms with Gasteiger partial charge in [-0.05, 0) is 45.2 Å². The molecule has 0 aliphatic carbocycles. The van der Waals surface area contributed by atoms with Gasteiger partial charge < -0.3 is 19.9 Å². The Labute approximate surface area is 184 Å². The highest BCUT2D eigenvalue weighted by atomic mass is 16.5. The summed E-state index contributed by atoms with van der Waals surface area (Å²) < 4.78 is 6.26. The van der Waals surface area contributed by atoms with E-state index in [0.29, 0.717) is 36.7 Å². The van der Waals surface area contributed by atoms with Crippen LogP contribution < -0.4 is 10.1 Å². The second-order valence-corrected chi connectivity index (χ2v) is 9.42. The smallest absolute Gasteiger partial charge is 0.239 e. The number of benzene rings is 1. The van der Waals surface area contributed by atoms with Crippen molar-refractivity contribution in [1.29, 1.82) is 0 Å². The van der Waals surface area contributed by atoms with Gasteiger partial charge in [-0.25, -0.2) is 0 Å². The first kappa shape index (κ1) is 21.8. The highest BCUT2D eigenvalue weighted by molar-refractivity contribution is 6.00. The van der Waals surface area contributed by atoms with Gasteiger partial charge in [-0.2, -0.15) is 0 Å². The maximum absolute atomic E-state index is 12.7. The first-order valence-corrected chi connectivity index (χ1v) is 11.5. The largest absolute Gasteiger partial charge is 0.486 e. The van der Waals surface area contributed by atoms with Gasteiger partial charge >= 0.3 is 0 Å². The van der Waals surface area contributed by atoms with E-state index >= 15 is 0 Å². The van der Waals surface area contributed by atoms with E-state index in [1.807, 2.05) is 18.2 Å². The number of Topliss-reactive ketones (excluding diaryl/α,β-unsaturated/α-hetero) is 1. The van der Waals surface area contributed by atoms with Crippen molar-refractivity contribution in [2.45, 2.75) is 70.1 Å². The Balaban J connectivity index is 1.33. The molecular formula is C24H33N3O4. The van der Waals surface area contributed by atoms with Crippen LogP contribution in [0.15, 0.2) is 24.3 Å². The number of fused-ring (bicyclic) bond motifs is 1. The number of ketones is 1. The molecule has 7 nitrogen and oxygen atoms in total. The van der Waals surface area contributed by atoms with Crippen molar-refractivity contribution in [3.63, 3.8) is 0 Å². The number of hydrogen-bond donors (Lipinski definition) is 1. The lowest BCUT2D eigenvalue weighted by atomic mass is 9.84. The van der Waals surface area contributed by atoms with Crippen molar-refractivity contribution in [3.8, 4) is 5.75 Å². The van der Waals surface area contributed by atoms with Gasteiger partial charge in [0, 0.05) is 44.6 Å². The first-order chi connectivity index (χ1) is 14.8. The number of carbonyl (C=O) groups excluding carboxylic acids is 3. The van der Waals surface area contributed by atoms with Crippen molar-refractivity contribution < 1.29 is 19.1 Å².